The molecule has 2 aliphatic rings. The molecule has 0 aromatic carbocycles. The van der Waals surface area contributed by atoms with Gasteiger partial charge in [-0.05, 0) is 53.6 Å². The number of nitrogens with one attached hydrogen (secondary N) is 1. The average Bonchev–Trinajstić information content (AvgIpc) is 2.41. The normalized spacial score (nSPS) is 35.9. The zero-order valence-corrected chi connectivity index (χ0v) is 13.4. The Bertz CT molecular complexity index is 371. The maximum atomic E-state index is 11.8. The van der Waals surface area contributed by atoms with Gasteiger partial charge in [0, 0.05) is 31.2 Å². The van der Waals surface area contributed by atoms with Gasteiger partial charge >= 0.3 is 0 Å². The first-order valence-corrected chi connectivity index (χ1v) is 7.75. The monoisotopic (exact) mass is 282 g/mol. The van der Waals surface area contributed by atoms with E-state index in [0.29, 0.717) is 6.04 Å². The molecule has 1 saturated carbocycles. The van der Waals surface area contributed by atoms with Crippen LogP contribution in [-0.4, -0.2) is 66.6 Å². The van der Waals surface area contributed by atoms with Crippen LogP contribution in [-0.2, 0) is 4.79 Å². The Morgan fingerprint density at radius 1 is 1.35 bits per heavy atom. The van der Waals surface area contributed by atoms with Crippen molar-refractivity contribution in [1.82, 2.24) is 15.1 Å². The van der Waals surface area contributed by atoms with Crippen molar-refractivity contribution in [2.75, 3.05) is 33.7 Å². The number of nitrogens with two attached hydrogens (primary N) is 1. The molecule has 5 nitrogen and oxygen atoms in total. The van der Waals surface area contributed by atoms with E-state index in [4.69, 9.17) is 5.73 Å². The molecule has 2 atom stereocenters. The average molecular weight is 282 g/mol. The van der Waals surface area contributed by atoms with Crippen molar-refractivity contribution < 1.29 is 4.79 Å². The number of primary amides is 1. The van der Waals surface area contributed by atoms with Crippen LogP contribution >= 0.6 is 0 Å². The Kier molecular flexibility index (Phi) is 4.42. The van der Waals surface area contributed by atoms with Crippen molar-refractivity contribution >= 4 is 5.91 Å². The Morgan fingerprint density at radius 3 is 2.60 bits per heavy atom. The minimum Gasteiger partial charge on any atom is -0.368 e. The molecule has 3 N–H and O–H groups in total. The van der Waals surface area contributed by atoms with Gasteiger partial charge in [0.25, 0.3) is 0 Å². The fourth-order valence-corrected chi connectivity index (χ4v) is 3.72. The summed E-state index contributed by atoms with van der Waals surface area (Å²) in [5, 5.41) is 3.20. The Labute approximate surface area is 122 Å². The fourth-order valence-electron chi connectivity index (χ4n) is 3.72. The highest BCUT2D eigenvalue weighted by Gasteiger charge is 2.43. The third-order valence-corrected chi connectivity index (χ3v) is 5.54. The molecule has 2 rings (SSSR count). The zero-order chi connectivity index (χ0) is 15.0. The van der Waals surface area contributed by atoms with Gasteiger partial charge in [0.15, 0.2) is 0 Å². The van der Waals surface area contributed by atoms with E-state index in [2.05, 4.69) is 36.0 Å². The second kappa shape index (κ2) is 5.62. The Morgan fingerprint density at radius 2 is 2.05 bits per heavy atom. The second-order valence-electron chi connectivity index (χ2n) is 7.15. The minimum absolute atomic E-state index is 0.196. The van der Waals surface area contributed by atoms with Crippen LogP contribution in [0.1, 0.15) is 39.5 Å². The van der Waals surface area contributed by atoms with Crippen LogP contribution in [0.4, 0.5) is 0 Å². The van der Waals surface area contributed by atoms with Crippen molar-refractivity contribution in [1.29, 1.82) is 0 Å². The van der Waals surface area contributed by atoms with Gasteiger partial charge in [-0.25, -0.2) is 0 Å². The highest BCUT2D eigenvalue weighted by Crippen LogP contribution is 2.33. The number of piperazine rings is 1. The largest absolute Gasteiger partial charge is 0.368 e. The van der Waals surface area contributed by atoms with Crippen LogP contribution in [0.25, 0.3) is 0 Å². The molecule has 1 saturated heterocycles. The summed E-state index contributed by atoms with van der Waals surface area (Å²) in [7, 11) is 4.06. The van der Waals surface area contributed by atoms with Crippen LogP contribution in [0, 0.1) is 0 Å². The highest BCUT2D eigenvalue weighted by molar-refractivity contribution is 5.84. The molecule has 2 fully saturated rings. The lowest BCUT2D eigenvalue weighted by atomic mass is 9.77. The van der Waals surface area contributed by atoms with E-state index in [1.807, 2.05) is 7.05 Å². The zero-order valence-electron chi connectivity index (χ0n) is 13.4. The van der Waals surface area contributed by atoms with Gasteiger partial charge in [-0.3, -0.25) is 14.6 Å². The molecular formula is C15H30N4O. The van der Waals surface area contributed by atoms with Crippen LogP contribution in [0.15, 0.2) is 0 Å². The Hall–Kier alpha value is -0.650. The van der Waals surface area contributed by atoms with Crippen LogP contribution in [0.5, 0.6) is 0 Å². The molecule has 116 valence electrons. The molecule has 0 radical (unpaired) electrons. The maximum Gasteiger partial charge on any atom is 0.237 e. The number of likely N-dealkylation sites (N-methyl/N-ethyl adjacent to an activating group) is 2. The predicted molar refractivity (Wildman–Crippen MR) is 81.5 cm³/mol. The first kappa shape index (κ1) is 15.7. The third-order valence-electron chi connectivity index (χ3n) is 5.54. The van der Waals surface area contributed by atoms with Crippen molar-refractivity contribution in [2.24, 2.45) is 5.73 Å². The van der Waals surface area contributed by atoms with Crippen LogP contribution in [0.3, 0.4) is 0 Å². The van der Waals surface area contributed by atoms with E-state index in [0.717, 1.165) is 38.9 Å². The Balaban J connectivity index is 2.08. The predicted octanol–water partition coefficient (Wildman–Crippen LogP) is 0.399. The molecule has 1 aliphatic carbocycles. The number of rotatable bonds is 3. The molecule has 1 heterocycles. The summed E-state index contributed by atoms with van der Waals surface area (Å²) in [6.07, 6.45) is 3.96. The number of carbonyl (C=O) groups is 1. The van der Waals surface area contributed by atoms with E-state index < -0.39 is 5.54 Å². The van der Waals surface area contributed by atoms with E-state index in [1.54, 1.807) is 0 Å². The number of carbonyl (C=O) groups excluding carboxylic acids is 1. The van der Waals surface area contributed by atoms with Crippen LogP contribution in [0.2, 0.25) is 0 Å². The SMILES string of the molecule is CNC1(C(N)=O)CCCC(N2CCN(C)C(C)(C)C2)C1. The maximum absolute atomic E-state index is 11.8. The highest BCUT2D eigenvalue weighted by atomic mass is 16.1. The van der Waals surface area contributed by atoms with Crippen LogP contribution < -0.4 is 11.1 Å². The van der Waals surface area contributed by atoms with Gasteiger partial charge in [-0.1, -0.05) is 0 Å². The summed E-state index contributed by atoms with van der Waals surface area (Å²) in [4.78, 5) is 16.8. The van der Waals surface area contributed by atoms with Crippen molar-refractivity contribution in [3.8, 4) is 0 Å². The summed E-state index contributed by atoms with van der Waals surface area (Å²) >= 11 is 0. The summed E-state index contributed by atoms with van der Waals surface area (Å²) in [5.74, 6) is -0.196. The van der Waals surface area contributed by atoms with Crippen molar-refractivity contribution in [3.05, 3.63) is 0 Å². The van der Waals surface area contributed by atoms with E-state index in [-0.39, 0.29) is 11.4 Å². The molecule has 5 heteroatoms. The van der Waals surface area contributed by atoms with Gasteiger partial charge in [0.1, 0.15) is 0 Å². The lowest BCUT2D eigenvalue weighted by molar-refractivity contribution is -0.127. The molecule has 1 aliphatic heterocycles. The van der Waals surface area contributed by atoms with Gasteiger partial charge in [0.05, 0.1) is 5.54 Å². The first-order valence-electron chi connectivity index (χ1n) is 7.75. The second-order valence-corrected chi connectivity index (χ2v) is 7.15. The number of nitrogens with zero attached hydrogens (tertiary/aromatic N) is 2. The lowest BCUT2D eigenvalue weighted by Crippen LogP contribution is -2.64. The van der Waals surface area contributed by atoms with E-state index >= 15 is 0 Å². The molecule has 2 unspecified atom stereocenters. The minimum atomic E-state index is -0.504. The number of amides is 1. The summed E-state index contributed by atoms with van der Waals surface area (Å²) < 4.78 is 0. The summed E-state index contributed by atoms with van der Waals surface area (Å²) in [6, 6.07) is 0.469. The van der Waals surface area contributed by atoms with Crippen molar-refractivity contribution in [3.63, 3.8) is 0 Å². The van der Waals surface area contributed by atoms with Gasteiger partial charge in [-0.2, -0.15) is 0 Å². The third kappa shape index (κ3) is 2.85. The number of hydrogen-bond acceptors (Lipinski definition) is 4. The summed E-state index contributed by atoms with van der Waals surface area (Å²) in [5.41, 5.74) is 5.35. The quantitative estimate of drug-likeness (QED) is 0.786. The first-order chi connectivity index (χ1) is 9.31. The van der Waals surface area contributed by atoms with E-state index in [9.17, 15) is 4.79 Å². The molecule has 0 aromatic heterocycles. The van der Waals surface area contributed by atoms with E-state index in [1.165, 1.54) is 6.42 Å². The van der Waals surface area contributed by atoms with Gasteiger partial charge in [-0.15, -0.1) is 0 Å². The van der Waals surface area contributed by atoms with Gasteiger partial charge < -0.3 is 11.1 Å². The summed E-state index contributed by atoms with van der Waals surface area (Å²) in [6.45, 7) is 7.82. The molecular weight excluding hydrogens is 252 g/mol. The molecule has 0 aromatic rings. The fraction of sp³-hybridized carbons (Fsp3) is 0.933. The van der Waals surface area contributed by atoms with Gasteiger partial charge in [0.2, 0.25) is 5.91 Å². The molecule has 0 bridgehead atoms. The molecule has 1 amide bonds. The standard InChI is InChI=1S/C15H30N4O/c1-14(2)11-19(9-8-18(14)4)12-6-5-7-15(10-12,17-3)13(16)20/h12,17H,5-11H2,1-4H3,(H2,16,20). The topological polar surface area (TPSA) is 61.6 Å². The van der Waals surface area contributed by atoms with Crippen molar-refractivity contribution in [2.45, 2.75) is 56.7 Å². The molecule has 20 heavy (non-hydrogen) atoms. The molecule has 0 spiro atoms. The smallest absolute Gasteiger partial charge is 0.237 e. The lowest BCUT2D eigenvalue weighted by Gasteiger charge is -2.50. The number of hydrogen-bond donors (Lipinski definition) is 2.